The van der Waals surface area contributed by atoms with Crippen molar-refractivity contribution < 1.29 is 14.6 Å². The molecule has 1 heterocycles. The van der Waals surface area contributed by atoms with Crippen LogP contribution in [0, 0.1) is 5.41 Å². The number of nitrogen functional groups attached to an aromatic ring is 1. The van der Waals surface area contributed by atoms with Crippen molar-refractivity contribution in [1.82, 2.24) is 10.3 Å². The molecule has 2 amide bonds. The number of carbonyl (C=O) groups is 1. The Morgan fingerprint density at radius 3 is 2.76 bits per heavy atom. The van der Waals surface area contributed by atoms with E-state index in [0.717, 1.165) is 0 Å². The molecule has 1 unspecified atom stereocenters. The monoisotopic (exact) mass is 295 g/mol. The largest absolute Gasteiger partial charge is 0.478 e. The maximum absolute atomic E-state index is 11.5. The minimum Gasteiger partial charge on any atom is -0.478 e. The molecule has 1 atom stereocenters. The lowest BCUT2D eigenvalue weighted by molar-refractivity contribution is 0.193. The van der Waals surface area contributed by atoms with Gasteiger partial charge in [0.15, 0.2) is 0 Å². The number of aliphatic hydroxyl groups is 1. The minimum atomic E-state index is -0.959. The number of carbonyl (C=O) groups excluding carboxylic acids is 1. The van der Waals surface area contributed by atoms with E-state index >= 15 is 0 Å². The number of pyridine rings is 1. The summed E-state index contributed by atoms with van der Waals surface area (Å²) >= 11 is 0. The number of nitrogens with zero attached hydrogens (tertiary/aromatic N) is 1. The van der Waals surface area contributed by atoms with Crippen LogP contribution in [0.3, 0.4) is 0 Å². The lowest BCUT2D eigenvalue weighted by Crippen LogP contribution is -2.29. The number of ether oxygens (including phenoxy) is 1. The quantitative estimate of drug-likeness (QED) is 0.411. The Hall–Kier alpha value is -2.35. The number of aromatic nitrogens is 1. The molecule has 0 aliphatic rings. The van der Waals surface area contributed by atoms with Gasteiger partial charge in [0.2, 0.25) is 5.90 Å². The third-order valence-electron chi connectivity index (χ3n) is 2.57. The molecule has 0 aromatic carbocycles. The Kier molecular flexibility index (Phi) is 5.92. The first-order valence-electron chi connectivity index (χ1n) is 6.65. The van der Waals surface area contributed by atoms with Crippen molar-refractivity contribution in [3.05, 3.63) is 17.3 Å². The Balaban J connectivity index is 3.18. The first-order chi connectivity index (χ1) is 9.90. The van der Waals surface area contributed by atoms with E-state index in [2.05, 4.69) is 15.6 Å². The second-order valence-corrected chi connectivity index (χ2v) is 4.28. The summed E-state index contributed by atoms with van der Waals surface area (Å²) in [5.74, 6) is 0.0327. The standard InChI is InChI=1S/C13H21N5O3/c1-4-16-13(20)18-9-6-8(14)10(12(15)21-5-2)11(17-9)7(3)19/h6-7,15,19H,4-5H2,1-3H3,(H4,14,16,17,18,20). The number of aliphatic hydroxyl groups excluding tert-OH is 1. The second-order valence-electron chi connectivity index (χ2n) is 4.28. The molecule has 0 spiro atoms. The van der Waals surface area contributed by atoms with Gasteiger partial charge in [-0.2, -0.15) is 0 Å². The molecule has 0 aliphatic carbocycles. The molecule has 0 radical (unpaired) electrons. The zero-order chi connectivity index (χ0) is 16.0. The Labute approximate surface area is 123 Å². The number of urea groups is 1. The molecule has 0 saturated carbocycles. The lowest BCUT2D eigenvalue weighted by atomic mass is 10.1. The summed E-state index contributed by atoms with van der Waals surface area (Å²) < 4.78 is 5.11. The average molecular weight is 295 g/mol. The van der Waals surface area contributed by atoms with Gasteiger partial charge in [-0.05, 0) is 20.8 Å². The molecule has 0 fully saturated rings. The molecule has 0 saturated heterocycles. The average Bonchev–Trinajstić information content (AvgIpc) is 2.38. The summed E-state index contributed by atoms with van der Waals surface area (Å²) in [5.41, 5.74) is 6.51. The topological polar surface area (TPSA) is 133 Å². The van der Waals surface area contributed by atoms with E-state index in [1.165, 1.54) is 13.0 Å². The van der Waals surface area contributed by atoms with Gasteiger partial charge in [-0.3, -0.25) is 10.7 Å². The van der Waals surface area contributed by atoms with Crippen LogP contribution in [0.15, 0.2) is 6.07 Å². The maximum atomic E-state index is 11.5. The first kappa shape index (κ1) is 16.7. The molecule has 21 heavy (non-hydrogen) atoms. The van der Waals surface area contributed by atoms with Crippen LogP contribution in [-0.4, -0.2) is 35.2 Å². The minimum absolute atomic E-state index is 0.164. The smallest absolute Gasteiger partial charge is 0.320 e. The summed E-state index contributed by atoms with van der Waals surface area (Å²) in [7, 11) is 0. The van der Waals surface area contributed by atoms with E-state index in [9.17, 15) is 9.90 Å². The van der Waals surface area contributed by atoms with Gasteiger partial charge in [-0.25, -0.2) is 9.78 Å². The number of anilines is 2. The van der Waals surface area contributed by atoms with E-state index in [4.69, 9.17) is 15.9 Å². The molecular formula is C13H21N5O3. The molecule has 1 aromatic heterocycles. The van der Waals surface area contributed by atoms with Crippen molar-refractivity contribution >= 4 is 23.4 Å². The normalized spacial score (nSPS) is 11.6. The second kappa shape index (κ2) is 7.44. The molecule has 8 heteroatoms. The van der Waals surface area contributed by atoms with Gasteiger partial charge in [0, 0.05) is 18.3 Å². The zero-order valence-corrected chi connectivity index (χ0v) is 12.4. The van der Waals surface area contributed by atoms with Crippen molar-refractivity contribution in [2.75, 3.05) is 24.2 Å². The summed E-state index contributed by atoms with van der Waals surface area (Å²) in [4.78, 5) is 15.6. The van der Waals surface area contributed by atoms with Crippen molar-refractivity contribution in [1.29, 1.82) is 5.41 Å². The van der Waals surface area contributed by atoms with Crippen molar-refractivity contribution in [2.45, 2.75) is 26.9 Å². The fraction of sp³-hybridized carbons (Fsp3) is 0.462. The van der Waals surface area contributed by atoms with Crippen LogP contribution >= 0.6 is 0 Å². The van der Waals surface area contributed by atoms with Gasteiger partial charge >= 0.3 is 6.03 Å². The third-order valence-corrected chi connectivity index (χ3v) is 2.57. The molecule has 1 aromatic rings. The highest BCUT2D eigenvalue weighted by atomic mass is 16.5. The molecule has 0 aliphatic heterocycles. The van der Waals surface area contributed by atoms with Gasteiger partial charge in [0.05, 0.1) is 24.0 Å². The molecule has 0 bridgehead atoms. The SMILES string of the molecule is CCNC(=O)Nc1cc(N)c(C(=N)OCC)c(C(C)O)n1. The lowest BCUT2D eigenvalue weighted by Gasteiger charge is -2.16. The fourth-order valence-electron chi connectivity index (χ4n) is 1.74. The highest BCUT2D eigenvalue weighted by molar-refractivity contribution is 5.99. The van der Waals surface area contributed by atoms with Crippen LogP contribution in [0.1, 0.15) is 38.1 Å². The highest BCUT2D eigenvalue weighted by Gasteiger charge is 2.20. The fourth-order valence-corrected chi connectivity index (χ4v) is 1.74. The molecule has 116 valence electrons. The number of amides is 2. The van der Waals surface area contributed by atoms with E-state index in [1.807, 2.05) is 0 Å². The van der Waals surface area contributed by atoms with E-state index < -0.39 is 12.1 Å². The Morgan fingerprint density at radius 2 is 2.24 bits per heavy atom. The van der Waals surface area contributed by atoms with Crippen molar-refractivity contribution in [3.63, 3.8) is 0 Å². The summed E-state index contributed by atoms with van der Waals surface area (Å²) in [5, 5.41) is 22.7. The molecule has 8 nitrogen and oxygen atoms in total. The summed E-state index contributed by atoms with van der Waals surface area (Å²) in [6, 6.07) is 0.998. The first-order valence-corrected chi connectivity index (χ1v) is 6.65. The van der Waals surface area contributed by atoms with Gasteiger partial charge in [-0.1, -0.05) is 0 Å². The summed E-state index contributed by atoms with van der Waals surface area (Å²) in [6.07, 6.45) is -0.959. The van der Waals surface area contributed by atoms with Crippen LogP contribution in [0.25, 0.3) is 0 Å². The van der Waals surface area contributed by atoms with Crippen molar-refractivity contribution in [2.24, 2.45) is 0 Å². The zero-order valence-electron chi connectivity index (χ0n) is 12.4. The van der Waals surface area contributed by atoms with E-state index in [-0.39, 0.29) is 28.7 Å². The molecule has 6 N–H and O–H groups in total. The van der Waals surface area contributed by atoms with Gasteiger partial charge in [0.1, 0.15) is 5.82 Å². The Bertz CT molecular complexity index is 531. The molecular weight excluding hydrogens is 274 g/mol. The Morgan fingerprint density at radius 1 is 1.57 bits per heavy atom. The van der Waals surface area contributed by atoms with Gasteiger partial charge < -0.3 is 20.9 Å². The van der Waals surface area contributed by atoms with Crippen LogP contribution in [0.5, 0.6) is 0 Å². The van der Waals surface area contributed by atoms with Crippen molar-refractivity contribution in [3.8, 4) is 0 Å². The number of nitrogens with two attached hydrogens (primary N) is 1. The van der Waals surface area contributed by atoms with Crippen LogP contribution in [0.2, 0.25) is 0 Å². The maximum Gasteiger partial charge on any atom is 0.320 e. The highest BCUT2D eigenvalue weighted by Crippen LogP contribution is 2.25. The predicted molar refractivity (Wildman–Crippen MR) is 80.4 cm³/mol. The predicted octanol–water partition coefficient (Wildman–Crippen LogP) is 1.22. The summed E-state index contributed by atoms with van der Waals surface area (Å²) in [6.45, 7) is 5.80. The number of rotatable bonds is 5. The number of hydrogen-bond acceptors (Lipinski definition) is 6. The van der Waals surface area contributed by atoms with Crippen LogP contribution in [0.4, 0.5) is 16.3 Å². The van der Waals surface area contributed by atoms with E-state index in [1.54, 1.807) is 13.8 Å². The third kappa shape index (κ3) is 4.32. The number of hydrogen-bond donors (Lipinski definition) is 5. The van der Waals surface area contributed by atoms with Crippen LogP contribution in [-0.2, 0) is 4.74 Å². The van der Waals surface area contributed by atoms with Gasteiger partial charge in [0.25, 0.3) is 0 Å². The molecule has 1 rings (SSSR count). The van der Waals surface area contributed by atoms with Gasteiger partial charge in [-0.15, -0.1) is 0 Å². The number of nitrogens with one attached hydrogen (secondary N) is 3. The van der Waals surface area contributed by atoms with E-state index in [0.29, 0.717) is 13.2 Å². The van der Waals surface area contributed by atoms with Crippen LogP contribution < -0.4 is 16.4 Å².